The number of guanidine groups is 1. The molecule has 5 heteroatoms. The lowest BCUT2D eigenvalue weighted by Gasteiger charge is -2.18. The third kappa shape index (κ3) is 2.19. The van der Waals surface area contributed by atoms with Crippen LogP contribution >= 0.6 is 11.8 Å². The third-order valence-corrected chi connectivity index (χ3v) is 4.28. The van der Waals surface area contributed by atoms with Gasteiger partial charge in [0.2, 0.25) is 0 Å². The summed E-state index contributed by atoms with van der Waals surface area (Å²) < 4.78 is 0. The highest BCUT2D eigenvalue weighted by molar-refractivity contribution is 8.00. The van der Waals surface area contributed by atoms with E-state index in [0.717, 1.165) is 18.7 Å². The van der Waals surface area contributed by atoms with Crippen molar-refractivity contribution in [3.63, 3.8) is 0 Å². The number of nitrogens with one attached hydrogen (secondary N) is 2. The van der Waals surface area contributed by atoms with E-state index >= 15 is 0 Å². The molecular formula is C11H19N3OS. The lowest BCUT2D eigenvalue weighted by Crippen LogP contribution is -2.47. The number of carbonyl (C=O) groups excluding carboxylic acids is 1. The Kier molecular flexibility index (Phi) is 3.15. The molecule has 2 saturated heterocycles. The van der Waals surface area contributed by atoms with E-state index in [-0.39, 0.29) is 11.4 Å². The van der Waals surface area contributed by atoms with E-state index in [1.807, 2.05) is 11.8 Å². The molecule has 1 amide bonds. The lowest BCUT2D eigenvalue weighted by molar-refractivity contribution is -0.123. The molecule has 1 spiro atoms. The van der Waals surface area contributed by atoms with Crippen LogP contribution in [-0.4, -0.2) is 35.0 Å². The number of thioether (sulfide) groups is 1. The quantitative estimate of drug-likeness (QED) is 0.758. The first-order valence-electron chi connectivity index (χ1n) is 5.77. The van der Waals surface area contributed by atoms with Crippen molar-refractivity contribution in [1.29, 1.82) is 0 Å². The second-order valence-electron chi connectivity index (χ2n) is 5.07. The minimum Gasteiger partial charge on any atom is -0.341 e. The summed E-state index contributed by atoms with van der Waals surface area (Å²) in [6.07, 6.45) is 0.893. The Morgan fingerprint density at radius 3 is 2.94 bits per heavy atom. The van der Waals surface area contributed by atoms with Crippen molar-refractivity contribution >= 4 is 23.6 Å². The topological polar surface area (TPSA) is 53.5 Å². The largest absolute Gasteiger partial charge is 0.341 e. The van der Waals surface area contributed by atoms with Gasteiger partial charge in [-0.15, -0.1) is 0 Å². The van der Waals surface area contributed by atoms with Gasteiger partial charge in [0.25, 0.3) is 5.91 Å². The third-order valence-electron chi connectivity index (χ3n) is 2.89. The van der Waals surface area contributed by atoms with Gasteiger partial charge >= 0.3 is 0 Å². The normalized spacial score (nSPS) is 36.1. The predicted octanol–water partition coefficient (Wildman–Crippen LogP) is 0.982. The molecule has 2 unspecified atom stereocenters. The first-order chi connectivity index (χ1) is 7.52. The number of amides is 1. The molecule has 0 aromatic carbocycles. The van der Waals surface area contributed by atoms with E-state index in [1.54, 1.807) is 0 Å². The fourth-order valence-electron chi connectivity index (χ4n) is 2.03. The minimum atomic E-state index is -0.389. The maximum absolute atomic E-state index is 11.9. The molecule has 2 rings (SSSR count). The summed E-state index contributed by atoms with van der Waals surface area (Å²) in [5, 5.41) is 6.66. The molecule has 0 aromatic heterocycles. The molecule has 2 aliphatic heterocycles. The van der Waals surface area contributed by atoms with Gasteiger partial charge in [0.05, 0.1) is 0 Å². The maximum Gasteiger partial charge on any atom is 0.253 e. The van der Waals surface area contributed by atoms with Crippen molar-refractivity contribution in [3.05, 3.63) is 0 Å². The molecule has 4 nitrogen and oxygen atoms in total. The lowest BCUT2D eigenvalue weighted by atomic mass is 9.97. The van der Waals surface area contributed by atoms with E-state index in [0.29, 0.717) is 17.1 Å². The fraction of sp³-hybridized carbons (Fsp3) is 0.818. The molecule has 2 aliphatic rings. The van der Waals surface area contributed by atoms with Crippen LogP contribution in [0.2, 0.25) is 0 Å². The Morgan fingerprint density at radius 2 is 2.38 bits per heavy atom. The fourth-order valence-corrected chi connectivity index (χ4v) is 3.33. The van der Waals surface area contributed by atoms with Crippen LogP contribution in [-0.2, 0) is 4.79 Å². The van der Waals surface area contributed by atoms with Gasteiger partial charge in [-0.1, -0.05) is 20.8 Å². The van der Waals surface area contributed by atoms with Crippen LogP contribution in [0, 0.1) is 5.92 Å². The Hall–Kier alpha value is -0.710. The van der Waals surface area contributed by atoms with E-state index in [9.17, 15) is 4.79 Å². The first kappa shape index (κ1) is 11.8. The molecule has 2 fully saturated rings. The monoisotopic (exact) mass is 241 g/mol. The van der Waals surface area contributed by atoms with E-state index in [4.69, 9.17) is 0 Å². The molecule has 0 aliphatic carbocycles. The van der Waals surface area contributed by atoms with Crippen LogP contribution in [0.4, 0.5) is 0 Å². The van der Waals surface area contributed by atoms with Gasteiger partial charge in [-0.2, -0.15) is 11.8 Å². The molecule has 2 atom stereocenters. The number of hydrogen-bond donors (Lipinski definition) is 2. The van der Waals surface area contributed by atoms with Gasteiger partial charge in [0.1, 0.15) is 5.54 Å². The number of carbonyl (C=O) groups is 1. The van der Waals surface area contributed by atoms with Gasteiger partial charge in [-0.3, -0.25) is 15.1 Å². The Bertz CT molecular complexity index is 329. The second kappa shape index (κ2) is 4.28. The highest BCUT2D eigenvalue weighted by atomic mass is 32.2. The highest BCUT2D eigenvalue weighted by Crippen LogP contribution is 2.35. The molecular weight excluding hydrogens is 222 g/mol. The zero-order valence-electron chi connectivity index (χ0n) is 10.0. The minimum absolute atomic E-state index is 0.0897. The summed E-state index contributed by atoms with van der Waals surface area (Å²) in [7, 11) is 0. The molecule has 90 valence electrons. The van der Waals surface area contributed by atoms with Crippen molar-refractivity contribution < 1.29 is 4.79 Å². The standard InChI is InChI=1S/C11H19N3OS/c1-7(2)5-12-10-13-9(15)11(14-10)4-8(3)16-6-11/h7-8H,4-6H2,1-3H3,(H2,12,13,14,15). The van der Waals surface area contributed by atoms with Gasteiger partial charge in [0.15, 0.2) is 5.96 Å². The zero-order valence-corrected chi connectivity index (χ0v) is 10.9. The summed E-state index contributed by atoms with van der Waals surface area (Å²) in [4.78, 5) is 16.3. The van der Waals surface area contributed by atoms with Crippen LogP contribution in [0.3, 0.4) is 0 Å². The number of hydrogen-bond acceptors (Lipinski definition) is 3. The summed E-state index contributed by atoms with van der Waals surface area (Å²) in [6, 6.07) is 0. The van der Waals surface area contributed by atoms with Gasteiger partial charge < -0.3 is 5.32 Å². The van der Waals surface area contributed by atoms with Crippen LogP contribution in [0.25, 0.3) is 0 Å². The average Bonchev–Trinajstić information content (AvgIpc) is 2.70. The zero-order chi connectivity index (χ0) is 11.8. The number of aliphatic imine (C=N–C) groups is 1. The SMILES string of the molecule is CC(C)CN=C1NC(=O)C2(CSC(C)C2)N1. The summed E-state index contributed by atoms with van der Waals surface area (Å²) in [5.74, 6) is 2.11. The van der Waals surface area contributed by atoms with Crippen molar-refractivity contribution in [2.75, 3.05) is 12.3 Å². The van der Waals surface area contributed by atoms with Crippen molar-refractivity contribution in [1.82, 2.24) is 10.6 Å². The molecule has 0 radical (unpaired) electrons. The van der Waals surface area contributed by atoms with Crippen molar-refractivity contribution in [3.8, 4) is 0 Å². The van der Waals surface area contributed by atoms with Crippen LogP contribution in [0.15, 0.2) is 4.99 Å². The molecule has 2 N–H and O–H groups in total. The average molecular weight is 241 g/mol. The maximum atomic E-state index is 11.9. The van der Waals surface area contributed by atoms with Gasteiger partial charge in [-0.25, -0.2) is 0 Å². The van der Waals surface area contributed by atoms with E-state index in [1.165, 1.54) is 0 Å². The van der Waals surface area contributed by atoms with Crippen LogP contribution in [0.5, 0.6) is 0 Å². The summed E-state index contributed by atoms with van der Waals surface area (Å²) in [6.45, 7) is 7.15. The van der Waals surface area contributed by atoms with Gasteiger partial charge in [-0.05, 0) is 12.3 Å². The number of rotatable bonds is 2. The highest BCUT2D eigenvalue weighted by Gasteiger charge is 2.49. The van der Waals surface area contributed by atoms with Crippen LogP contribution in [0.1, 0.15) is 27.2 Å². The van der Waals surface area contributed by atoms with Crippen molar-refractivity contribution in [2.45, 2.75) is 38.0 Å². The smallest absolute Gasteiger partial charge is 0.253 e. The Balaban J connectivity index is 2.04. The summed E-state index contributed by atoms with van der Waals surface area (Å²) in [5.41, 5.74) is -0.389. The molecule has 0 saturated carbocycles. The first-order valence-corrected chi connectivity index (χ1v) is 6.82. The Labute approximate surface area is 101 Å². The molecule has 0 bridgehead atoms. The van der Waals surface area contributed by atoms with E-state index in [2.05, 4.69) is 36.4 Å². The molecule has 0 aromatic rings. The molecule has 2 heterocycles. The molecule has 16 heavy (non-hydrogen) atoms. The van der Waals surface area contributed by atoms with Crippen molar-refractivity contribution in [2.24, 2.45) is 10.9 Å². The number of nitrogens with zero attached hydrogens (tertiary/aromatic N) is 1. The summed E-state index contributed by atoms with van der Waals surface area (Å²) >= 11 is 1.85. The Morgan fingerprint density at radius 1 is 1.62 bits per heavy atom. The van der Waals surface area contributed by atoms with Crippen LogP contribution < -0.4 is 10.6 Å². The second-order valence-corrected chi connectivity index (χ2v) is 6.50. The van der Waals surface area contributed by atoms with Gasteiger partial charge in [0, 0.05) is 17.5 Å². The van der Waals surface area contributed by atoms with E-state index < -0.39 is 0 Å². The predicted molar refractivity (Wildman–Crippen MR) is 67.7 cm³/mol.